The van der Waals surface area contributed by atoms with E-state index in [-0.39, 0.29) is 33.8 Å². The number of rotatable bonds is 9. The van der Waals surface area contributed by atoms with Crippen molar-refractivity contribution in [1.29, 1.82) is 0 Å². The van der Waals surface area contributed by atoms with E-state index in [1.807, 2.05) is 0 Å². The Morgan fingerprint density at radius 2 is 1.67 bits per heavy atom. The van der Waals surface area contributed by atoms with E-state index < -0.39 is 53.3 Å². The summed E-state index contributed by atoms with van der Waals surface area (Å²) in [5, 5.41) is 7.75. The highest BCUT2D eigenvalue weighted by molar-refractivity contribution is 6.09. The molecule has 13 heteroatoms. The number of nitrogens with zero attached hydrogens (tertiary/aromatic N) is 2. The molecule has 0 spiro atoms. The van der Waals surface area contributed by atoms with Crippen LogP contribution in [0.5, 0.6) is 0 Å². The third-order valence-corrected chi connectivity index (χ3v) is 7.21. The molecule has 1 unspecified atom stereocenters. The standard InChI is InChI=1S/C32H29F4N5O4/c1-17-24(6-5-7-25(17)30(44)38-4)28-39-15-26(40-29(43)18(2)37-3)31(45)41(28)16-19-12-21(14-22(13-19)32(34,35)36)27(42)20-8-10-23(33)11-9-20/h5-15,18,37H,16H2,1-4H3,(H,38,44)(H,40,43). The number of hydrogen-bond donors (Lipinski definition) is 3. The summed E-state index contributed by atoms with van der Waals surface area (Å²) in [6.07, 6.45) is -3.71. The van der Waals surface area contributed by atoms with E-state index >= 15 is 0 Å². The number of alkyl halides is 3. The van der Waals surface area contributed by atoms with Crippen molar-refractivity contribution in [3.8, 4) is 11.4 Å². The van der Waals surface area contributed by atoms with Crippen LogP contribution in [0.15, 0.2) is 71.7 Å². The quantitative estimate of drug-likeness (QED) is 0.186. The molecule has 0 aliphatic rings. The van der Waals surface area contributed by atoms with E-state index in [9.17, 15) is 36.7 Å². The molecule has 1 heterocycles. The Balaban J connectivity index is 1.92. The van der Waals surface area contributed by atoms with E-state index in [1.54, 1.807) is 39.1 Å². The van der Waals surface area contributed by atoms with Gasteiger partial charge in [0.25, 0.3) is 11.5 Å². The molecule has 45 heavy (non-hydrogen) atoms. The molecule has 0 fully saturated rings. The predicted molar refractivity (Wildman–Crippen MR) is 160 cm³/mol. The second-order valence-corrected chi connectivity index (χ2v) is 10.2. The first-order chi connectivity index (χ1) is 21.2. The molecule has 3 N–H and O–H groups in total. The van der Waals surface area contributed by atoms with Crippen LogP contribution in [0.2, 0.25) is 0 Å². The molecule has 0 saturated carbocycles. The molecule has 1 atom stereocenters. The van der Waals surface area contributed by atoms with Crippen LogP contribution in [0.3, 0.4) is 0 Å². The molecule has 0 bridgehead atoms. The molecule has 0 saturated heterocycles. The van der Waals surface area contributed by atoms with Crippen LogP contribution in [-0.2, 0) is 17.5 Å². The van der Waals surface area contributed by atoms with Crippen LogP contribution in [0.1, 0.15) is 49.9 Å². The van der Waals surface area contributed by atoms with Crippen molar-refractivity contribution in [1.82, 2.24) is 20.2 Å². The fraction of sp³-hybridized carbons (Fsp3) is 0.219. The summed E-state index contributed by atoms with van der Waals surface area (Å²) in [6, 6.07) is 11.1. The average molecular weight is 624 g/mol. The van der Waals surface area contributed by atoms with Crippen LogP contribution in [0, 0.1) is 12.7 Å². The lowest BCUT2D eigenvalue weighted by atomic mass is 9.98. The molecule has 0 aliphatic heterocycles. The monoisotopic (exact) mass is 623 g/mol. The normalized spacial score (nSPS) is 12.0. The topological polar surface area (TPSA) is 122 Å². The summed E-state index contributed by atoms with van der Waals surface area (Å²) in [5.74, 6) is -2.37. The Morgan fingerprint density at radius 1 is 0.978 bits per heavy atom. The van der Waals surface area contributed by atoms with Crippen LogP contribution in [-0.4, -0.2) is 47.3 Å². The zero-order valence-electron chi connectivity index (χ0n) is 24.7. The highest BCUT2D eigenvalue weighted by atomic mass is 19.4. The van der Waals surface area contributed by atoms with Crippen molar-refractivity contribution in [2.45, 2.75) is 32.6 Å². The van der Waals surface area contributed by atoms with Gasteiger partial charge in [-0.05, 0) is 80.6 Å². The Morgan fingerprint density at radius 3 is 2.29 bits per heavy atom. The van der Waals surface area contributed by atoms with E-state index in [0.29, 0.717) is 17.2 Å². The number of amides is 2. The summed E-state index contributed by atoms with van der Waals surface area (Å²) in [5.41, 5.74) is -1.55. The number of anilines is 1. The van der Waals surface area contributed by atoms with E-state index in [4.69, 9.17) is 0 Å². The largest absolute Gasteiger partial charge is 0.416 e. The van der Waals surface area contributed by atoms with Crippen LogP contribution < -0.4 is 21.5 Å². The average Bonchev–Trinajstić information content (AvgIpc) is 3.02. The molecule has 3 aromatic carbocycles. The van der Waals surface area contributed by atoms with Crippen LogP contribution >= 0.6 is 0 Å². The van der Waals surface area contributed by atoms with Crippen molar-refractivity contribution < 1.29 is 31.9 Å². The molecule has 0 radical (unpaired) electrons. The van der Waals surface area contributed by atoms with Crippen molar-refractivity contribution >= 4 is 23.3 Å². The molecule has 1 aromatic heterocycles. The maximum absolute atomic E-state index is 14.0. The van der Waals surface area contributed by atoms with Gasteiger partial charge in [0.15, 0.2) is 5.78 Å². The second kappa shape index (κ2) is 13.2. The van der Waals surface area contributed by atoms with Gasteiger partial charge in [-0.25, -0.2) is 9.37 Å². The summed E-state index contributed by atoms with van der Waals surface area (Å²) < 4.78 is 56.6. The predicted octanol–water partition coefficient (Wildman–Crippen LogP) is 4.56. The number of ketones is 1. The number of carbonyl (C=O) groups excluding carboxylic acids is 3. The van der Waals surface area contributed by atoms with Gasteiger partial charge in [0.2, 0.25) is 5.91 Å². The summed E-state index contributed by atoms with van der Waals surface area (Å²) in [6.45, 7) is 2.69. The Kier molecular flexibility index (Phi) is 9.62. The molecular weight excluding hydrogens is 594 g/mol. The number of hydrogen-bond acceptors (Lipinski definition) is 6. The number of nitrogens with one attached hydrogen (secondary N) is 3. The lowest BCUT2D eigenvalue weighted by Crippen LogP contribution is -2.38. The highest BCUT2D eigenvalue weighted by Gasteiger charge is 2.32. The summed E-state index contributed by atoms with van der Waals surface area (Å²) >= 11 is 0. The van der Waals surface area contributed by atoms with Gasteiger partial charge in [-0.2, -0.15) is 13.2 Å². The lowest BCUT2D eigenvalue weighted by Gasteiger charge is -2.19. The minimum atomic E-state index is -4.85. The summed E-state index contributed by atoms with van der Waals surface area (Å²) in [4.78, 5) is 56.5. The van der Waals surface area contributed by atoms with Gasteiger partial charge in [-0.1, -0.05) is 12.1 Å². The van der Waals surface area contributed by atoms with Gasteiger partial charge in [0.05, 0.1) is 24.3 Å². The maximum atomic E-state index is 14.0. The molecule has 4 aromatic rings. The fourth-order valence-electron chi connectivity index (χ4n) is 4.60. The van der Waals surface area contributed by atoms with Gasteiger partial charge >= 0.3 is 6.18 Å². The minimum Gasteiger partial charge on any atom is -0.355 e. The number of likely N-dealkylation sites (N-methyl/N-ethyl adjacent to an activating group) is 1. The van der Waals surface area contributed by atoms with Gasteiger partial charge in [0.1, 0.15) is 17.3 Å². The first-order valence-electron chi connectivity index (χ1n) is 13.7. The first kappa shape index (κ1) is 32.7. The van der Waals surface area contributed by atoms with E-state index in [1.165, 1.54) is 13.1 Å². The number of benzene rings is 3. The van der Waals surface area contributed by atoms with Gasteiger partial charge < -0.3 is 16.0 Å². The maximum Gasteiger partial charge on any atom is 0.416 e. The SMILES string of the molecule is CNC(=O)c1cccc(-c2ncc(NC(=O)C(C)NC)c(=O)n2Cc2cc(C(=O)c3ccc(F)cc3)cc(C(F)(F)F)c2)c1C. The highest BCUT2D eigenvalue weighted by Crippen LogP contribution is 2.32. The molecule has 4 rings (SSSR count). The third kappa shape index (κ3) is 7.15. The smallest absolute Gasteiger partial charge is 0.355 e. The van der Waals surface area contributed by atoms with Crippen molar-refractivity contribution in [2.75, 3.05) is 19.4 Å². The van der Waals surface area contributed by atoms with Crippen molar-refractivity contribution in [3.05, 3.63) is 116 Å². The Hall–Kier alpha value is -5.17. The number of halogens is 4. The van der Waals surface area contributed by atoms with Crippen molar-refractivity contribution in [3.63, 3.8) is 0 Å². The molecule has 0 aliphatic carbocycles. The van der Waals surface area contributed by atoms with Crippen LogP contribution in [0.4, 0.5) is 23.2 Å². The number of carbonyl (C=O) groups is 3. The molecule has 2 amide bonds. The molecular formula is C32H29F4N5O4. The zero-order chi connectivity index (χ0) is 33.1. The minimum absolute atomic E-state index is 0.00624. The Labute approximate surface area is 255 Å². The van der Waals surface area contributed by atoms with Crippen LogP contribution in [0.25, 0.3) is 11.4 Å². The second-order valence-electron chi connectivity index (χ2n) is 10.2. The number of aromatic nitrogens is 2. The molecule has 9 nitrogen and oxygen atoms in total. The molecule has 234 valence electrons. The van der Waals surface area contributed by atoms with E-state index in [0.717, 1.165) is 41.1 Å². The Bertz CT molecular complexity index is 1840. The lowest BCUT2D eigenvalue weighted by molar-refractivity contribution is -0.137. The zero-order valence-corrected chi connectivity index (χ0v) is 24.7. The van der Waals surface area contributed by atoms with E-state index in [2.05, 4.69) is 20.9 Å². The third-order valence-electron chi connectivity index (χ3n) is 7.21. The van der Waals surface area contributed by atoms with Gasteiger partial charge in [-0.15, -0.1) is 0 Å². The fourth-order valence-corrected chi connectivity index (χ4v) is 4.60. The summed E-state index contributed by atoms with van der Waals surface area (Å²) in [7, 11) is 3.00. The van der Waals surface area contributed by atoms with Crippen molar-refractivity contribution in [2.24, 2.45) is 0 Å². The first-order valence-corrected chi connectivity index (χ1v) is 13.7. The van der Waals surface area contributed by atoms with Gasteiger partial charge in [0, 0.05) is 29.3 Å². The van der Waals surface area contributed by atoms with Gasteiger partial charge in [-0.3, -0.25) is 23.7 Å².